The zero-order valence-corrected chi connectivity index (χ0v) is 21.9. The van der Waals surface area contributed by atoms with Crippen LogP contribution in [0.3, 0.4) is 0 Å². The van der Waals surface area contributed by atoms with Gasteiger partial charge in [0, 0.05) is 50.6 Å². The number of halogens is 3. The topological polar surface area (TPSA) is 70.2 Å². The highest BCUT2D eigenvalue weighted by atomic mass is 19.3. The molecule has 2 fully saturated rings. The molecule has 1 saturated heterocycles. The summed E-state index contributed by atoms with van der Waals surface area (Å²) in [6, 6.07) is 12.1. The Bertz CT molecular complexity index is 1250. The molecule has 0 radical (unpaired) electrons. The van der Waals surface area contributed by atoms with Crippen LogP contribution in [0.1, 0.15) is 44.1 Å². The lowest BCUT2D eigenvalue weighted by molar-refractivity contribution is -0.158. The van der Waals surface area contributed by atoms with Gasteiger partial charge in [0.15, 0.2) is 0 Å². The maximum absolute atomic E-state index is 14.1. The number of nitrogens with zero attached hydrogens (tertiary/aromatic N) is 3. The summed E-state index contributed by atoms with van der Waals surface area (Å²) >= 11 is 0. The number of para-hydroxylation sites is 1. The number of anilines is 2. The molecule has 0 bridgehead atoms. The third kappa shape index (κ3) is 5.33. The Labute approximate surface area is 225 Å². The van der Waals surface area contributed by atoms with Crippen LogP contribution in [0, 0.1) is 11.2 Å². The van der Waals surface area contributed by atoms with Gasteiger partial charge < -0.3 is 14.5 Å². The minimum absolute atomic E-state index is 0.166. The zero-order chi connectivity index (χ0) is 27.8. The van der Waals surface area contributed by atoms with Crippen molar-refractivity contribution in [1.29, 1.82) is 0 Å². The van der Waals surface area contributed by atoms with Crippen molar-refractivity contribution in [2.24, 2.45) is 5.41 Å². The van der Waals surface area contributed by atoms with Crippen LogP contribution in [0.15, 0.2) is 48.5 Å². The molecule has 2 aliphatic heterocycles. The number of carbonyl (C=O) groups is 3. The van der Waals surface area contributed by atoms with E-state index in [9.17, 15) is 27.6 Å². The molecule has 39 heavy (non-hydrogen) atoms. The summed E-state index contributed by atoms with van der Waals surface area (Å²) in [7, 11) is 1.26. The fourth-order valence-corrected chi connectivity index (χ4v) is 6.19. The number of hydrogen-bond donors (Lipinski definition) is 0. The number of urea groups is 1. The van der Waals surface area contributed by atoms with Gasteiger partial charge in [0.1, 0.15) is 5.82 Å². The number of fused-ring (bicyclic) bond motifs is 1. The van der Waals surface area contributed by atoms with Crippen molar-refractivity contribution >= 4 is 29.3 Å². The van der Waals surface area contributed by atoms with E-state index < -0.39 is 41.5 Å². The van der Waals surface area contributed by atoms with Crippen LogP contribution in [0.5, 0.6) is 0 Å². The van der Waals surface area contributed by atoms with Crippen LogP contribution in [-0.4, -0.2) is 61.5 Å². The summed E-state index contributed by atoms with van der Waals surface area (Å²) in [6.07, 6.45) is 0.228. The molecule has 1 saturated carbocycles. The van der Waals surface area contributed by atoms with Crippen molar-refractivity contribution in [2.45, 2.75) is 56.9 Å². The molecule has 0 spiro atoms. The second-order valence-electron chi connectivity index (χ2n) is 10.7. The van der Waals surface area contributed by atoms with Gasteiger partial charge in [-0.05, 0) is 55.5 Å². The van der Waals surface area contributed by atoms with Crippen LogP contribution >= 0.6 is 0 Å². The number of ether oxygens (including phenoxy) is 1. The molecule has 7 nitrogen and oxygen atoms in total. The molecule has 2 heterocycles. The van der Waals surface area contributed by atoms with Gasteiger partial charge in [-0.1, -0.05) is 24.3 Å². The van der Waals surface area contributed by atoms with E-state index in [1.165, 1.54) is 24.1 Å². The van der Waals surface area contributed by atoms with Crippen molar-refractivity contribution < 1.29 is 32.3 Å². The third-order valence-electron chi connectivity index (χ3n) is 8.32. The number of carbonyl (C=O) groups excluding carboxylic acids is 3. The number of esters is 1. The van der Waals surface area contributed by atoms with E-state index in [2.05, 4.69) is 0 Å². The summed E-state index contributed by atoms with van der Waals surface area (Å²) in [5.41, 5.74) is 0.769. The van der Waals surface area contributed by atoms with Crippen molar-refractivity contribution in [3.05, 3.63) is 59.9 Å². The van der Waals surface area contributed by atoms with Crippen molar-refractivity contribution in [3.63, 3.8) is 0 Å². The number of alkyl halides is 2. The first-order valence-corrected chi connectivity index (χ1v) is 13.3. The lowest BCUT2D eigenvalue weighted by atomic mass is 9.75. The number of hydrogen-bond acceptors (Lipinski definition) is 4. The molecule has 10 heteroatoms. The van der Waals surface area contributed by atoms with Crippen LogP contribution in [0.4, 0.5) is 29.3 Å². The molecule has 1 unspecified atom stereocenters. The van der Waals surface area contributed by atoms with Gasteiger partial charge in [0.05, 0.1) is 18.2 Å². The average molecular weight is 544 g/mol. The zero-order valence-electron chi connectivity index (χ0n) is 21.9. The van der Waals surface area contributed by atoms with E-state index in [1.54, 1.807) is 46.2 Å². The summed E-state index contributed by atoms with van der Waals surface area (Å²) in [5, 5.41) is 0. The van der Waals surface area contributed by atoms with E-state index in [1.807, 2.05) is 0 Å². The van der Waals surface area contributed by atoms with Gasteiger partial charge in [-0.25, -0.2) is 18.0 Å². The van der Waals surface area contributed by atoms with Crippen LogP contribution in [0.25, 0.3) is 0 Å². The number of benzene rings is 2. The summed E-state index contributed by atoms with van der Waals surface area (Å²) in [5.74, 6) is -4.24. The smallest absolute Gasteiger partial charge is 0.324 e. The summed E-state index contributed by atoms with van der Waals surface area (Å²) < 4.78 is 47.2. The van der Waals surface area contributed by atoms with E-state index in [0.29, 0.717) is 24.3 Å². The Morgan fingerprint density at radius 2 is 1.74 bits per heavy atom. The molecule has 3 amide bonds. The molecule has 0 aromatic heterocycles. The average Bonchev–Trinajstić information content (AvgIpc) is 3.51. The number of piperidine rings is 1. The quantitative estimate of drug-likeness (QED) is 0.488. The van der Waals surface area contributed by atoms with Gasteiger partial charge >= 0.3 is 12.0 Å². The van der Waals surface area contributed by atoms with Crippen LogP contribution in [0.2, 0.25) is 0 Å². The number of amides is 3. The predicted molar refractivity (Wildman–Crippen MR) is 139 cm³/mol. The maximum Gasteiger partial charge on any atom is 0.324 e. The highest BCUT2D eigenvalue weighted by molar-refractivity contribution is 5.98. The highest BCUT2D eigenvalue weighted by Gasteiger charge is 2.49. The fraction of sp³-hybridized carbons (Fsp3) is 0.483. The second-order valence-corrected chi connectivity index (χ2v) is 10.7. The Kier molecular flexibility index (Phi) is 7.31. The first-order valence-electron chi connectivity index (χ1n) is 13.3. The first-order chi connectivity index (χ1) is 18.6. The molecule has 3 aliphatic rings. The van der Waals surface area contributed by atoms with Crippen molar-refractivity contribution in [1.82, 2.24) is 4.90 Å². The Hall–Kier alpha value is -3.56. The van der Waals surface area contributed by atoms with Crippen molar-refractivity contribution in [3.8, 4) is 0 Å². The molecule has 0 N–H and O–H groups in total. The standard InChI is InChI=1S/C29H32F3N3O4/c1-39-26(37)28(19-25(36)35(22-5-3-2-4-6-22)23-9-11-29(31,32)18-23)12-15-33(16-13-28)27(38)34-14-10-20-7-8-21(30)17-24(20)34/h2-8,17,23H,9-16,18-19H2,1H3. The molecule has 5 rings (SSSR count). The minimum atomic E-state index is -2.85. The fourth-order valence-electron chi connectivity index (χ4n) is 6.19. The van der Waals surface area contributed by atoms with Gasteiger partial charge in [-0.3, -0.25) is 14.5 Å². The van der Waals surface area contributed by atoms with Crippen LogP contribution < -0.4 is 9.80 Å². The number of rotatable bonds is 5. The minimum Gasteiger partial charge on any atom is -0.469 e. The molecular weight excluding hydrogens is 511 g/mol. The lowest BCUT2D eigenvalue weighted by Gasteiger charge is -2.41. The second kappa shape index (κ2) is 10.5. The van der Waals surface area contributed by atoms with Gasteiger partial charge in [-0.2, -0.15) is 0 Å². The van der Waals surface area contributed by atoms with Crippen molar-refractivity contribution in [2.75, 3.05) is 36.5 Å². The highest BCUT2D eigenvalue weighted by Crippen LogP contribution is 2.42. The predicted octanol–water partition coefficient (Wildman–Crippen LogP) is 5.17. The molecule has 1 atom stereocenters. The van der Waals surface area contributed by atoms with E-state index in [4.69, 9.17) is 4.74 Å². The first kappa shape index (κ1) is 27.0. The molecular formula is C29H32F3N3O4. The Balaban J connectivity index is 1.33. The summed E-state index contributed by atoms with van der Waals surface area (Å²) in [6.45, 7) is 0.844. The van der Waals surface area contributed by atoms with Gasteiger partial charge in [0.2, 0.25) is 11.8 Å². The molecule has 2 aromatic rings. The van der Waals surface area contributed by atoms with E-state index in [0.717, 1.165) is 5.56 Å². The monoisotopic (exact) mass is 543 g/mol. The Morgan fingerprint density at radius 1 is 1.03 bits per heavy atom. The third-order valence-corrected chi connectivity index (χ3v) is 8.32. The maximum atomic E-state index is 14.1. The van der Waals surface area contributed by atoms with Crippen LogP contribution in [-0.2, 0) is 20.7 Å². The summed E-state index contributed by atoms with van der Waals surface area (Å²) in [4.78, 5) is 44.8. The van der Waals surface area contributed by atoms with Gasteiger partial charge in [-0.15, -0.1) is 0 Å². The molecule has 208 valence electrons. The lowest BCUT2D eigenvalue weighted by Crippen LogP contribution is -2.53. The number of likely N-dealkylation sites (tertiary alicyclic amines) is 1. The van der Waals surface area contributed by atoms with Gasteiger partial charge in [0.25, 0.3) is 0 Å². The number of methoxy groups -OCH3 is 1. The van der Waals surface area contributed by atoms with E-state index >= 15 is 0 Å². The SMILES string of the molecule is COC(=O)C1(CC(=O)N(c2ccccc2)C2CCC(F)(F)C2)CCN(C(=O)N2CCc3ccc(F)cc32)CC1. The normalized spacial score (nSPS) is 21.4. The van der Waals surface area contributed by atoms with E-state index in [-0.39, 0.29) is 51.2 Å². The largest absolute Gasteiger partial charge is 0.469 e. The molecule has 2 aromatic carbocycles. The molecule has 1 aliphatic carbocycles. The Morgan fingerprint density at radius 3 is 2.38 bits per heavy atom.